The van der Waals surface area contributed by atoms with Crippen LogP contribution in [0.15, 0.2) is 40.8 Å². The second kappa shape index (κ2) is 9.17. The molecule has 1 aromatic heterocycles. The van der Waals surface area contributed by atoms with Crippen LogP contribution in [0.1, 0.15) is 66.0 Å². The van der Waals surface area contributed by atoms with E-state index in [-0.39, 0.29) is 11.9 Å². The fraction of sp³-hybridized carbons (Fsp3) is 0.476. The topological polar surface area (TPSA) is 59.3 Å². The first-order valence-corrected chi connectivity index (χ1v) is 10.9. The van der Waals surface area contributed by atoms with Crippen LogP contribution in [-0.4, -0.2) is 16.2 Å². The predicted molar refractivity (Wildman–Crippen MR) is 104 cm³/mol. The molecule has 0 saturated heterocycles. The summed E-state index contributed by atoms with van der Waals surface area (Å²) in [5.41, 5.74) is 2.24. The van der Waals surface area contributed by atoms with Crippen LogP contribution in [0.3, 0.4) is 0 Å². The Bertz CT molecular complexity index is 743. The molecular formula is C21H27NO3S. The van der Waals surface area contributed by atoms with Crippen LogP contribution in [0.25, 0.3) is 0 Å². The Morgan fingerprint density at radius 3 is 2.42 bits per heavy atom. The lowest BCUT2D eigenvalue weighted by atomic mass is 10.1. The van der Waals surface area contributed by atoms with Gasteiger partial charge in [0.2, 0.25) is 0 Å². The molecule has 5 heteroatoms. The van der Waals surface area contributed by atoms with Gasteiger partial charge < -0.3 is 9.73 Å². The quantitative estimate of drug-likeness (QED) is 0.759. The van der Waals surface area contributed by atoms with E-state index in [9.17, 15) is 9.00 Å². The molecular weight excluding hydrogens is 346 g/mol. The van der Waals surface area contributed by atoms with Crippen molar-refractivity contribution in [3.63, 3.8) is 0 Å². The Kier molecular flexibility index (Phi) is 6.67. The third kappa shape index (κ3) is 5.56. The van der Waals surface area contributed by atoms with Crippen LogP contribution in [0.4, 0.5) is 0 Å². The Hall–Kier alpha value is -1.88. The standard InChI is InChI=1S/C21H27NO3S/c1-16-8-10-17(11-9-16)14-26(24)15-19-12-13-20(25-19)21(23)22-18-6-4-2-3-5-7-18/h8-13,18H,2-7,14-15H2,1H3,(H,22,23)/t26-/m1/s1. The second-order valence-corrected chi connectivity index (χ2v) is 8.60. The fourth-order valence-corrected chi connectivity index (χ4v) is 4.48. The summed E-state index contributed by atoms with van der Waals surface area (Å²) in [6.07, 6.45) is 6.94. The van der Waals surface area contributed by atoms with Crippen molar-refractivity contribution < 1.29 is 13.4 Å². The van der Waals surface area contributed by atoms with Crippen LogP contribution in [0, 0.1) is 6.92 Å². The summed E-state index contributed by atoms with van der Waals surface area (Å²) in [4.78, 5) is 12.4. The number of aryl methyl sites for hydroxylation is 1. The zero-order valence-corrected chi connectivity index (χ0v) is 16.1. The van der Waals surface area contributed by atoms with Crippen molar-refractivity contribution in [3.8, 4) is 0 Å². The Balaban J connectivity index is 1.52. The number of nitrogens with one attached hydrogen (secondary N) is 1. The van der Waals surface area contributed by atoms with Crippen molar-refractivity contribution in [1.29, 1.82) is 0 Å². The molecule has 0 aliphatic heterocycles. The number of benzene rings is 1. The van der Waals surface area contributed by atoms with Crippen LogP contribution < -0.4 is 5.32 Å². The average Bonchev–Trinajstić information content (AvgIpc) is 2.93. The van der Waals surface area contributed by atoms with Gasteiger partial charge in [0.1, 0.15) is 5.76 Å². The summed E-state index contributed by atoms with van der Waals surface area (Å²) < 4.78 is 18.0. The molecule has 1 aliphatic rings. The lowest BCUT2D eigenvalue weighted by molar-refractivity contribution is 0.0904. The highest BCUT2D eigenvalue weighted by Gasteiger charge is 2.18. The van der Waals surface area contributed by atoms with Gasteiger partial charge in [-0.1, -0.05) is 55.5 Å². The highest BCUT2D eigenvalue weighted by molar-refractivity contribution is 7.83. The fourth-order valence-electron chi connectivity index (χ4n) is 3.34. The van der Waals surface area contributed by atoms with Gasteiger partial charge in [0, 0.05) is 22.6 Å². The van der Waals surface area contributed by atoms with E-state index >= 15 is 0 Å². The molecule has 140 valence electrons. The molecule has 1 N–H and O–H groups in total. The summed E-state index contributed by atoms with van der Waals surface area (Å²) in [5.74, 6) is 1.57. The molecule has 4 nitrogen and oxygen atoms in total. The molecule has 26 heavy (non-hydrogen) atoms. The lowest BCUT2D eigenvalue weighted by Gasteiger charge is -2.14. The Labute approximate surface area is 157 Å². The molecule has 1 aliphatic carbocycles. The summed E-state index contributed by atoms with van der Waals surface area (Å²) in [6, 6.07) is 11.7. The Morgan fingerprint density at radius 1 is 1.04 bits per heavy atom. The summed E-state index contributed by atoms with van der Waals surface area (Å²) in [7, 11) is -1.06. The highest BCUT2D eigenvalue weighted by atomic mass is 32.2. The van der Waals surface area contributed by atoms with E-state index in [1.807, 2.05) is 31.2 Å². The van der Waals surface area contributed by atoms with Gasteiger partial charge in [0.25, 0.3) is 5.91 Å². The number of rotatable bonds is 6. The molecule has 3 rings (SSSR count). The van der Waals surface area contributed by atoms with Crippen LogP contribution in [-0.2, 0) is 22.3 Å². The molecule has 0 spiro atoms. The third-order valence-electron chi connectivity index (χ3n) is 4.83. The Morgan fingerprint density at radius 2 is 1.73 bits per heavy atom. The molecule has 1 aromatic carbocycles. The van der Waals surface area contributed by atoms with E-state index in [2.05, 4.69) is 5.32 Å². The molecule has 1 saturated carbocycles. The van der Waals surface area contributed by atoms with Crippen LogP contribution in [0.5, 0.6) is 0 Å². The van der Waals surface area contributed by atoms with E-state index in [1.54, 1.807) is 12.1 Å². The lowest BCUT2D eigenvalue weighted by Crippen LogP contribution is -2.34. The van der Waals surface area contributed by atoms with Gasteiger partial charge in [0.15, 0.2) is 5.76 Å². The van der Waals surface area contributed by atoms with Crippen molar-refractivity contribution in [1.82, 2.24) is 5.32 Å². The molecule has 0 unspecified atom stereocenters. The number of carbonyl (C=O) groups is 1. The second-order valence-electron chi connectivity index (χ2n) is 7.14. The normalized spacial score (nSPS) is 16.8. The minimum absolute atomic E-state index is 0.160. The van der Waals surface area contributed by atoms with Crippen molar-refractivity contribution >= 4 is 16.7 Å². The van der Waals surface area contributed by atoms with E-state index in [4.69, 9.17) is 4.42 Å². The van der Waals surface area contributed by atoms with E-state index in [0.717, 1.165) is 18.4 Å². The monoisotopic (exact) mass is 373 g/mol. The van der Waals surface area contributed by atoms with Gasteiger partial charge in [-0.15, -0.1) is 0 Å². The molecule has 2 aromatic rings. The molecule has 1 amide bonds. The van der Waals surface area contributed by atoms with Crippen LogP contribution >= 0.6 is 0 Å². The third-order valence-corrected chi connectivity index (χ3v) is 6.09. The van der Waals surface area contributed by atoms with Crippen molar-refractivity contribution in [2.24, 2.45) is 0 Å². The molecule has 0 bridgehead atoms. The van der Waals surface area contributed by atoms with Crippen molar-refractivity contribution in [2.75, 3.05) is 0 Å². The number of hydrogen-bond acceptors (Lipinski definition) is 3. The van der Waals surface area contributed by atoms with Crippen molar-refractivity contribution in [2.45, 2.75) is 63.0 Å². The van der Waals surface area contributed by atoms with Crippen molar-refractivity contribution in [3.05, 3.63) is 59.0 Å². The summed E-state index contributed by atoms with van der Waals surface area (Å²) in [5, 5.41) is 3.08. The largest absolute Gasteiger partial charge is 0.455 e. The summed E-state index contributed by atoms with van der Waals surface area (Å²) in [6.45, 7) is 2.03. The molecule has 1 fully saturated rings. The van der Waals surface area contributed by atoms with E-state index in [0.29, 0.717) is 23.0 Å². The maximum atomic E-state index is 12.4. The van der Waals surface area contributed by atoms with Gasteiger partial charge in [0.05, 0.1) is 5.75 Å². The average molecular weight is 374 g/mol. The van der Waals surface area contributed by atoms with Crippen LogP contribution in [0.2, 0.25) is 0 Å². The number of carbonyl (C=O) groups excluding carboxylic acids is 1. The number of amides is 1. The zero-order chi connectivity index (χ0) is 18.4. The smallest absolute Gasteiger partial charge is 0.287 e. The number of hydrogen-bond donors (Lipinski definition) is 1. The molecule has 1 atom stereocenters. The maximum Gasteiger partial charge on any atom is 0.287 e. The van der Waals surface area contributed by atoms with Gasteiger partial charge in [-0.3, -0.25) is 9.00 Å². The summed E-state index contributed by atoms with van der Waals surface area (Å²) >= 11 is 0. The van der Waals surface area contributed by atoms with E-state index < -0.39 is 10.8 Å². The van der Waals surface area contributed by atoms with Gasteiger partial charge in [-0.05, 0) is 37.5 Å². The minimum atomic E-state index is -1.06. The molecule has 0 radical (unpaired) electrons. The molecule has 1 heterocycles. The van der Waals surface area contributed by atoms with Gasteiger partial charge in [-0.25, -0.2) is 0 Å². The predicted octanol–water partition coefficient (Wildman–Crippen LogP) is 4.49. The van der Waals surface area contributed by atoms with Gasteiger partial charge in [-0.2, -0.15) is 0 Å². The first kappa shape index (κ1) is 18.9. The first-order valence-electron chi connectivity index (χ1n) is 9.40. The first-order chi connectivity index (χ1) is 12.6. The SMILES string of the molecule is Cc1ccc(C[S@@](=O)Cc2ccc(C(=O)NC3CCCCCC3)o2)cc1. The number of furan rings is 1. The minimum Gasteiger partial charge on any atom is -0.455 e. The van der Waals surface area contributed by atoms with Gasteiger partial charge >= 0.3 is 0 Å². The maximum absolute atomic E-state index is 12.4. The zero-order valence-electron chi connectivity index (χ0n) is 15.3. The van der Waals surface area contributed by atoms with E-state index in [1.165, 1.54) is 31.2 Å². The highest BCUT2D eigenvalue weighted by Crippen LogP contribution is 2.18.